The molecule has 9 nitrogen and oxygen atoms in total. The molecular weight excluding hydrogens is 332 g/mol. The molecule has 0 radical (unpaired) electrons. The molecule has 1 aromatic heterocycles. The van der Waals surface area contributed by atoms with Crippen molar-refractivity contribution in [3.63, 3.8) is 0 Å². The van der Waals surface area contributed by atoms with Gasteiger partial charge in [0.1, 0.15) is 0 Å². The number of likely N-dealkylation sites (N-methyl/N-ethyl adjacent to an activating group) is 1. The predicted molar refractivity (Wildman–Crippen MR) is 90.2 cm³/mol. The molecule has 2 saturated heterocycles. The second-order valence-corrected chi connectivity index (χ2v) is 8.61. The van der Waals surface area contributed by atoms with E-state index in [1.807, 2.05) is 25.8 Å². The summed E-state index contributed by atoms with van der Waals surface area (Å²) in [6.45, 7) is 8.69. The van der Waals surface area contributed by atoms with Gasteiger partial charge < -0.3 is 14.3 Å². The standard InChI is InChI=1S/C14H26N6O3S/c1-12(2)13-15-14(23-16-13)18-6-10-20(11-7-18)24(21,22)19-8-4-17(3)5-9-19/h12H,4-11H2,1-3H3. The maximum absolute atomic E-state index is 12.7. The summed E-state index contributed by atoms with van der Waals surface area (Å²) in [5.41, 5.74) is 0. The zero-order valence-electron chi connectivity index (χ0n) is 14.6. The van der Waals surface area contributed by atoms with Crippen molar-refractivity contribution in [3.05, 3.63) is 5.82 Å². The monoisotopic (exact) mass is 358 g/mol. The number of hydrogen-bond acceptors (Lipinski definition) is 7. The van der Waals surface area contributed by atoms with Gasteiger partial charge in [-0.15, -0.1) is 0 Å². The fraction of sp³-hybridized carbons (Fsp3) is 0.857. The van der Waals surface area contributed by atoms with E-state index in [2.05, 4.69) is 15.0 Å². The first-order valence-corrected chi connectivity index (χ1v) is 9.80. The minimum Gasteiger partial charge on any atom is -0.322 e. The maximum atomic E-state index is 12.7. The Labute approximate surface area is 143 Å². The van der Waals surface area contributed by atoms with Gasteiger partial charge in [0.15, 0.2) is 5.82 Å². The number of aromatic nitrogens is 2. The molecule has 3 rings (SSSR count). The summed E-state index contributed by atoms with van der Waals surface area (Å²) in [4.78, 5) is 8.48. The van der Waals surface area contributed by atoms with Crippen LogP contribution in [0.15, 0.2) is 4.52 Å². The Kier molecular flexibility index (Phi) is 5.09. The van der Waals surface area contributed by atoms with E-state index in [-0.39, 0.29) is 5.92 Å². The molecular formula is C14H26N6O3S. The second kappa shape index (κ2) is 6.95. The van der Waals surface area contributed by atoms with E-state index in [0.29, 0.717) is 51.1 Å². The van der Waals surface area contributed by atoms with Crippen LogP contribution in [0.25, 0.3) is 0 Å². The van der Waals surface area contributed by atoms with Crippen LogP contribution in [0.2, 0.25) is 0 Å². The van der Waals surface area contributed by atoms with Crippen molar-refractivity contribution in [2.75, 3.05) is 64.3 Å². The molecule has 0 aliphatic carbocycles. The molecule has 0 spiro atoms. The highest BCUT2D eigenvalue weighted by atomic mass is 32.2. The average Bonchev–Trinajstić information content (AvgIpc) is 3.06. The van der Waals surface area contributed by atoms with Crippen LogP contribution in [0, 0.1) is 0 Å². The Morgan fingerprint density at radius 1 is 0.958 bits per heavy atom. The summed E-state index contributed by atoms with van der Waals surface area (Å²) in [7, 11) is -1.36. The van der Waals surface area contributed by atoms with E-state index in [4.69, 9.17) is 4.52 Å². The number of hydrogen-bond donors (Lipinski definition) is 0. The molecule has 0 aromatic carbocycles. The lowest BCUT2D eigenvalue weighted by atomic mass is 10.2. The SMILES string of the molecule is CC(C)c1noc(N2CCN(S(=O)(=O)N3CCN(C)CC3)CC2)n1. The molecule has 1 aromatic rings. The zero-order valence-corrected chi connectivity index (χ0v) is 15.4. The highest BCUT2D eigenvalue weighted by molar-refractivity contribution is 7.86. The quantitative estimate of drug-likeness (QED) is 0.737. The third kappa shape index (κ3) is 3.56. The molecule has 136 valence electrons. The number of nitrogens with zero attached hydrogens (tertiary/aromatic N) is 6. The molecule has 0 N–H and O–H groups in total. The Hall–Kier alpha value is -1.23. The Balaban J connectivity index is 1.59. The van der Waals surface area contributed by atoms with Crippen LogP contribution in [0.3, 0.4) is 0 Å². The molecule has 0 atom stereocenters. The molecule has 0 amide bonds. The highest BCUT2D eigenvalue weighted by Gasteiger charge is 2.34. The van der Waals surface area contributed by atoms with Gasteiger partial charge in [-0.2, -0.15) is 22.0 Å². The number of rotatable bonds is 4. The van der Waals surface area contributed by atoms with E-state index >= 15 is 0 Å². The molecule has 2 aliphatic rings. The van der Waals surface area contributed by atoms with Gasteiger partial charge >= 0.3 is 6.01 Å². The van der Waals surface area contributed by atoms with E-state index in [1.165, 1.54) is 0 Å². The van der Waals surface area contributed by atoms with Gasteiger partial charge in [0.2, 0.25) is 0 Å². The minimum atomic E-state index is -3.38. The van der Waals surface area contributed by atoms with Crippen LogP contribution in [0.1, 0.15) is 25.6 Å². The third-order valence-electron chi connectivity index (χ3n) is 4.57. The smallest absolute Gasteiger partial charge is 0.322 e. The molecule has 24 heavy (non-hydrogen) atoms. The van der Waals surface area contributed by atoms with Crippen LogP contribution in [0.5, 0.6) is 0 Å². The Morgan fingerprint density at radius 2 is 1.50 bits per heavy atom. The second-order valence-electron chi connectivity index (χ2n) is 6.69. The van der Waals surface area contributed by atoms with Crippen molar-refractivity contribution in [2.24, 2.45) is 0 Å². The molecule has 2 aliphatic heterocycles. The summed E-state index contributed by atoms with van der Waals surface area (Å²) in [5.74, 6) is 0.888. The lowest BCUT2D eigenvalue weighted by Gasteiger charge is -2.38. The van der Waals surface area contributed by atoms with Crippen molar-refractivity contribution < 1.29 is 12.9 Å². The van der Waals surface area contributed by atoms with Crippen LogP contribution in [-0.4, -0.2) is 91.5 Å². The largest absolute Gasteiger partial charge is 0.324 e. The lowest BCUT2D eigenvalue weighted by molar-refractivity contribution is 0.209. The van der Waals surface area contributed by atoms with Crippen molar-refractivity contribution >= 4 is 16.2 Å². The normalized spacial score (nSPS) is 22.4. The molecule has 10 heteroatoms. The van der Waals surface area contributed by atoms with E-state index < -0.39 is 10.2 Å². The van der Waals surface area contributed by atoms with Gasteiger partial charge in [-0.3, -0.25) is 0 Å². The van der Waals surface area contributed by atoms with E-state index in [9.17, 15) is 8.42 Å². The maximum Gasteiger partial charge on any atom is 0.324 e. The summed E-state index contributed by atoms with van der Waals surface area (Å²) >= 11 is 0. The van der Waals surface area contributed by atoms with Crippen molar-refractivity contribution in [1.82, 2.24) is 23.7 Å². The van der Waals surface area contributed by atoms with E-state index in [0.717, 1.165) is 13.1 Å². The van der Waals surface area contributed by atoms with Crippen LogP contribution < -0.4 is 4.90 Å². The lowest BCUT2D eigenvalue weighted by Crippen LogP contribution is -2.56. The highest BCUT2D eigenvalue weighted by Crippen LogP contribution is 2.20. The first-order valence-electron chi connectivity index (χ1n) is 8.40. The minimum absolute atomic E-state index is 0.210. The first kappa shape index (κ1) is 17.6. The summed E-state index contributed by atoms with van der Waals surface area (Å²) in [5, 5.41) is 3.97. The molecule has 0 saturated carbocycles. The molecule has 2 fully saturated rings. The van der Waals surface area contributed by atoms with Crippen LogP contribution >= 0.6 is 0 Å². The van der Waals surface area contributed by atoms with Gasteiger partial charge in [0.05, 0.1) is 0 Å². The Bertz CT molecular complexity index is 645. The zero-order chi connectivity index (χ0) is 17.3. The van der Waals surface area contributed by atoms with Crippen molar-refractivity contribution in [1.29, 1.82) is 0 Å². The topological polar surface area (TPSA) is 86.0 Å². The van der Waals surface area contributed by atoms with E-state index in [1.54, 1.807) is 8.61 Å². The Morgan fingerprint density at radius 3 is 2.00 bits per heavy atom. The number of anilines is 1. The van der Waals surface area contributed by atoms with Gasteiger partial charge in [-0.05, 0) is 7.05 Å². The molecule has 0 unspecified atom stereocenters. The third-order valence-corrected chi connectivity index (χ3v) is 6.61. The van der Waals surface area contributed by atoms with Crippen LogP contribution in [-0.2, 0) is 10.2 Å². The summed E-state index contributed by atoms with van der Waals surface area (Å²) in [6, 6.07) is 0.482. The van der Waals surface area contributed by atoms with Gasteiger partial charge in [-0.25, -0.2) is 0 Å². The van der Waals surface area contributed by atoms with Crippen LogP contribution in [0.4, 0.5) is 6.01 Å². The average molecular weight is 358 g/mol. The fourth-order valence-electron chi connectivity index (χ4n) is 2.88. The van der Waals surface area contributed by atoms with Gasteiger partial charge in [-0.1, -0.05) is 19.0 Å². The van der Waals surface area contributed by atoms with Crippen molar-refractivity contribution in [3.8, 4) is 0 Å². The summed E-state index contributed by atoms with van der Waals surface area (Å²) in [6.07, 6.45) is 0. The molecule has 0 bridgehead atoms. The molecule has 3 heterocycles. The predicted octanol–water partition coefficient (Wildman–Crippen LogP) is -0.193. The van der Waals surface area contributed by atoms with Gasteiger partial charge in [0, 0.05) is 58.3 Å². The van der Waals surface area contributed by atoms with Crippen molar-refractivity contribution in [2.45, 2.75) is 19.8 Å². The first-order chi connectivity index (χ1) is 11.4. The van der Waals surface area contributed by atoms with Gasteiger partial charge in [0.25, 0.3) is 10.2 Å². The fourth-order valence-corrected chi connectivity index (χ4v) is 4.46. The number of piperazine rings is 2. The summed E-state index contributed by atoms with van der Waals surface area (Å²) < 4.78 is 33.9.